The SMILES string of the molecule is CCOc1ccc(Cc2csc(N3CCC(S(=O)(=O)c4ccc(Cl)cc4Cl)CC3)n2)cc1. The molecule has 1 saturated heterocycles. The molecule has 0 saturated carbocycles. The number of anilines is 1. The van der Waals surface area contributed by atoms with Gasteiger partial charge in [-0.1, -0.05) is 35.3 Å². The summed E-state index contributed by atoms with van der Waals surface area (Å²) in [4.78, 5) is 7.11. The Morgan fingerprint density at radius 3 is 2.50 bits per heavy atom. The Morgan fingerprint density at radius 1 is 1.12 bits per heavy atom. The predicted molar refractivity (Wildman–Crippen MR) is 131 cm³/mol. The number of aromatic nitrogens is 1. The van der Waals surface area contributed by atoms with Crippen molar-refractivity contribution in [2.45, 2.75) is 36.3 Å². The zero-order chi connectivity index (χ0) is 22.7. The van der Waals surface area contributed by atoms with E-state index < -0.39 is 15.1 Å². The van der Waals surface area contributed by atoms with E-state index >= 15 is 0 Å². The van der Waals surface area contributed by atoms with Crippen LogP contribution in [0, 0.1) is 0 Å². The van der Waals surface area contributed by atoms with Crippen LogP contribution in [0.1, 0.15) is 31.0 Å². The normalized spacial score (nSPS) is 15.2. The first-order chi connectivity index (χ1) is 15.4. The Bertz CT molecular complexity index is 1170. The van der Waals surface area contributed by atoms with Crippen LogP contribution in [0.2, 0.25) is 10.0 Å². The second kappa shape index (κ2) is 10.00. The monoisotopic (exact) mass is 510 g/mol. The summed E-state index contributed by atoms with van der Waals surface area (Å²) in [6.45, 7) is 3.91. The van der Waals surface area contributed by atoms with E-state index in [1.54, 1.807) is 17.4 Å². The minimum absolute atomic E-state index is 0.161. The van der Waals surface area contributed by atoms with Crippen LogP contribution in [-0.2, 0) is 16.3 Å². The molecule has 0 amide bonds. The van der Waals surface area contributed by atoms with Crippen LogP contribution in [-0.4, -0.2) is 38.3 Å². The summed E-state index contributed by atoms with van der Waals surface area (Å²) < 4.78 is 31.6. The number of nitrogens with zero attached hydrogens (tertiary/aromatic N) is 2. The van der Waals surface area contributed by atoms with Crippen molar-refractivity contribution in [3.8, 4) is 5.75 Å². The Balaban J connectivity index is 1.38. The lowest BCUT2D eigenvalue weighted by atomic mass is 10.1. The average Bonchev–Trinajstić information content (AvgIpc) is 3.24. The highest BCUT2D eigenvalue weighted by atomic mass is 35.5. The van der Waals surface area contributed by atoms with Crippen molar-refractivity contribution in [3.05, 3.63) is 69.1 Å². The molecule has 4 rings (SSSR count). The molecule has 9 heteroatoms. The number of halogens is 2. The minimum Gasteiger partial charge on any atom is -0.494 e. The number of hydrogen-bond acceptors (Lipinski definition) is 6. The Kier molecular flexibility index (Phi) is 7.30. The molecule has 1 fully saturated rings. The molecule has 0 N–H and O–H groups in total. The molecule has 0 spiro atoms. The maximum atomic E-state index is 13.1. The van der Waals surface area contributed by atoms with Crippen molar-refractivity contribution in [2.75, 3.05) is 24.6 Å². The summed E-state index contributed by atoms with van der Waals surface area (Å²) in [5, 5.41) is 3.15. The van der Waals surface area contributed by atoms with E-state index in [0.29, 0.717) is 37.6 Å². The van der Waals surface area contributed by atoms with E-state index in [1.165, 1.54) is 17.7 Å². The molecule has 0 bridgehead atoms. The lowest BCUT2D eigenvalue weighted by Gasteiger charge is -2.31. The van der Waals surface area contributed by atoms with Crippen molar-refractivity contribution in [3.63, 3.8) is 0 Å². The van der Waals surface area contributed by atoms with Gasteiger partial charge in [0.05, 0.1) is 27.5 Å². The van der Waals surface area contributed by atoms with Gasteiger partial charge in [-0.15, -0.1) is 11.3 Å². The lowest BCUT2D eigenvalue weighted by molar-refractivity contribution is 0.340. The molecule has 2 heterocycles. The molecule has 3 aromatic rings. The zero-order valence-corrected chi connectivity index (χ0v) is 20.8. The highest BCUT2D eigenvalue weighted by Gasteiger charge is 2.33. The molecule has 0 aliphatic carbocycles. The van der Waals surface area contributed by atoms with E-state index in [0.717, 1.165) is 23.0 Å². The molecule has 1 aliphatic rings. The van der Waals surface area contributed by atoms with Gasteiger partial charge in [-0.05, 0) is 55.7 Å². The van der Waals surface area contributed by atoms with Crippen LogP contribution in [0.15, 0.2) is 52.7 Å². The van der Waals surface area contributed by atoms with Gasteiger partial charge in [-0.2, -0.15) is 0 Å². The first kappa shape index (κ1) is 23.4. The van der Waals surface area contributed by atoms with Gasteiger partial charge in [0.15, 0.2) is 15.0 Å². The number of sulfone groups is 1. The van der Waals surface area contributed by atoms with Crippen LogP contribution < -0.4 is 9.64 Å². The Hall–Kier alpha value is -1.80. The van der Waals surface area contributed by atoms with Gasteiger partial charge in [0.1, 0.15) is 5.75 Å². The fourth-order valence-corrected chi connectivity index (χ4v) is 7.23. The van der Waals surface area contributed by atoms with Crippen molar-refractivity contribution in [1.29, 1.82) is 0 Å². The van der Waals surface area contributed by atoms with Crippen molar-refractivity contribution in [1.82, 2.24) is 4.98 Å². The van der Waals surface area contributed by atoms with E-state index in [2.05, 4.69) is 22.4 Å². The number of hydrogen-bond donors (Lipinski definition) is 0. The highest BCUT2D eigenvalue weighted by molar-refractivity contribution is 7.92. The minimum atomic E-state index is -3.50. The summed E-state index contributed by atoms with van der Waals surface area (Å²) in [6, 6.07) is 12.6. The van der Waals surface area contributed by atoms with E-state index in [9.17, 15) is 8.42 Å². The summed E-state index contributed by atoms with van der Waals surface area (Å²) in [5.74, 6) is 0.868. The van der Waals surface area contributed by atoms with Gasteiger partial charge in [-0.25, -0.2) is 13.4 Å². The highest BCUT2D eigenvalue weighted by Crippen LogP contribution is 2.33. The van der Waals surface area contributed by atoms with E-state index in [1.807, 2.05) is 19.1 Å². The number of rotatable bonds is 7. The van der Waals surface area contributed by atoms with Crippen molar-refractivity contribution < 1.29 is 13.2 Å². The van der Waals surface area contributed by atoms with Crippen LogP contribution in [0.4, 0.5) is 5.13 Å². The first-order valence-corrected chi connectivity index (χ1v) is 13.6. The van der Waals surface area contributed by atoms with Gasteiger partial charge in [0.25, 0.3) is 0 Å². The van der Waals surface area contributed by atoms with Gasteiger partial charge >= 0.3 is 0 Å². The standard InChI is InChI=1S/C23H24Cl2N2O3S2/c1-2-30-19-6-3-16(4-7-19)13-18-15-31-23(26-18)27-11-9-20(10-12-27)32(28,29)22-8-5-17(24)14-21(22)25/h3-8,14-15,20H,2,9-13H2,1H3. The fourth-order valence-electron chi connectivity index (χ4n) is 3.84. The molecule has 0 atom stereocenters. The smallest absolute Gasteiger partial charge is 0.185 e. The van der Waals surface area contributed by atoms with Crippen LogP contribution in [0.3, 0.4) is 0 Å². The zero-order valence-electron chi connectivity index (χ0n) is 17.6. The van der Waals surface area contributed by atoms with Crippen LogP contribution in [0.5, 0.6) is 5.75 Å². The topological polar surface area (TPSA) is 59.5 Å². The third-order valence-corrected chi connectivity index (χ3v) is 9.44. The van der Waals surface area contributed by atoms with Crippen LogP contribution >= 0.6 is 34.5 Å². The molecular weight excluding hydrogens is 487 g/mol. The maximum Gasteiger partial charge on any atom is 0.185 e. The summed E-state index contributed by atoms with van der Waals surface area (Å²) >= 11 is 13.7. The maximum absolute atomic E-state index is 13.1. The summed E-state index contributed by atoms with van der Waals surface area (Å²) in [6.07, 6.45) is 1.83. The predicted octanol–water partition coefficient (Wildman–Crippen LogP) is 5.88. The number of piperidine rings is 1. The molecule has 2 aromatic carbocycles. The summed E-state index contributed by atoms with van der Waals surface area (Å²) in [7, 11) is -3.50. The molecule has 0 radical (unpaired) electrons. The molecule has 1 aliphatic heterocycles. The van der Waals surface area contributed by atoms with E-state index in [-0.39, 0.29) is 9.92 Å². The first-order valence-electron chi connectivity index (χ1n) is 10.5. The van der Waals surface area contributed by atoms with Gasteiger partial charge < -0.3 is 9.64 Å². The second-order valence-corrected chi connectivity index (χ2v) is 11.6. The van der Waals surface area contributed by atoms with E-state index in [4.69, 9.17) is 32.9 Å². The summed E-state index contributed by atoms with van der Waals surface area (Å²) in [5.41, 5.74) is 2.19. The molecular formula is C23H24Cl2N2O3S2. The number of thiazole rings is 1. The number of ether oxygens (including phenoxy) is 1. The molecule has 5 nitrogen and oxygen atoms in total. The molecule has 1 aromatic heterocycles. The number of benzene rings is 2. The van der Waals surface area contributed by atoms with Crippen molar-refractivity contribution in [2.24, 2.45) is 0 Å². The molecule has 32 heavy (non-hydrogen) atoms. The molecule has 170 valence electrons. The van der Waals surface area contributed by atoms with Gasteiger partial charge in [0.2, 0.25) is 0 Å². The quantitative estimate of drug-likeness (QED) is 0.397. The Labute approximate surface area is 202 Å². The van der Waals surface area contributed by atoms with Gasteiger partial charge in [-0.3, -0.25) is 0 Å². The third-order valence-electron chi connectivity index (χ3n) is 5.51. The molecule has 0 unspecified atom stereocenters. The third kappa shape index (κ3) is 5.22. The van der Waals surface area contributed by atoms with Crippen LogP contribution in [0.25, 0.3) is 0 Å². The lowest BCUT2D eigenvalue weighted by Crippen LogP contribution is -2.39. The average molecular weight is 511 g/mol. The van der Waals surface area contributed by atoms with Gasteiger partial charge in [0, 0.05) is 29.9 Å². The largest absolute Gasteiger partial charge is 0.494 e. The van der Waals surface area contributed by atoms with Crippen molar-refractivity contribution >= 4 is 49.5 Å². The Morgan fingerprint density at radius 2 is 1.84 bits per heavy atom. The second-order valence-electron chi connectivity index (χ2n) is 7.68. The fraction of sp³-hybridized carbons (Fsp3) is 0.348.